The molecule has 0 spiro atoms. The van der Waals surface area contributed by atoms with Crippen molar-refractivity contribution >= 4 is 38.1 Å². The van der Waals surface area contributed by atoms with Crippen LogP contribution in [0, 0.1) is 11.6 Å². The average Bonchev–Trinajstić information content (AvgIpc) is 3.23. The summed E-state index contributed by atoms with van der Waals surface area (Å²) in [7, 11) is -4.05. The van der Waals surface area contributed by atoms with E-state index < -0.39 is 33.1 Å². The van der Waals surface area contributed by atoms with Crippen molar-refractivity contribution < 1.29 is 22.0 Å². The number of para-hydroxylation sites is 1. The quantitative estimate of drug-likeness (QED) is 0.429. The monoisotopic (exact) mass is 472 g/mol. The summed E-state index contributed by atoms with van der Waals surface area (Å²) in [6.07, 6.45) is 0. The first-order valence-corrected chi connectivity index (χ1v) is 11.4. The smallest absolute Gasteiger partial charge is 0.261 e. The van der Waals surface area contributed by atoms with E-state index in [0.29, 0.717) is 16.3 Å². The van der Waals surface area contributed by atoms with E-state index >= 15 is 0 Å². The zero-order chi connectivity index (χ0) is 22.7. The van der Waals surface area contributed by atoms with Crippen molar-refractivity contribution in [3.05, 3.63) is 90.0 Å². The Bertz CT molecular complexity index is 1380. The number of anilines is 2. The van der Waals surface area contributed by atoms with Crippen molar-refractivity contribution in [1.29, 1.82) is 0 Å². The van der Waals surface area contributed by atoms with Crippen LogP contribution in [0.1, 0.15) is 10.4 Å². The number of halogens is 2. The molecule has 0 saturated heterocycles. The third-order valence-electron chi connectivity index (χ3n) is 4.26. The Morgan fingerprint density at radius 3 is 2.34 bits per heavy atom. The Morgan fingerprint density at radius 2 is 1.62 bits per heavy atom. The van der Waals surface area contributed by atoms with Gasteiger partial charge in [0.25, 0.3) is 15.9 Å². The fourth-order valence-corrected chi connectivity index (χ4v) is 4.54. The SMILES string of the molecule is O=C(Nc1nnc(-c2ccc(F)cc2)s1)c1cc(S(=O)(=O)Nc2ccccc2)ccc1F. The van der Waals surface area contributed by atoms with Gasteiger partial charge >= 0.3 is 0 Å². The first kappa shape index (κ1) is 21.5. The summed E-state index contributed by atoms with van der Waals surface area (Å²) >= 11 is 1.00. The number of carbonyl (C=O) groups excluding carboxylic acids is 1. The number of rotatable bonds is 6. The molecule has 0 unspecified atom stereocenters. The van der Waals surface area contributed by atoms with Crippen LogP contribution in [-0.2, 0) is 10.0 Å². The van der Waals surface area contributed by atoms with Crippen LogP contribution in [-0.4, -0.2) is 24.5 Å². The molecule has 0 aliphatic carbocycles. The Labute approximate surface area is 185 Å². The summed E-state index contributed by atoms with van der Waals surface area (Å²) < 4.78 is 55.0. The maximum Gasteiger partial charge on any atom is 0.261 e. The largest absolute Gasteiger partial charge is 0.296 e. The molecular formula is C21H14F2N4O3S2. The molecule has 11 heteroatoms. The molecule has 0 bridgehead atoms. The highest BCUT2D eigenvalue weighted by atomic mass is 32.2. The van der Waals surface area contributed by atoms with Gasteiger partial charge in [0.05, 0.1) is 10.5 Å². The highest BCUT2D eigenvalue weighted by Crippen LogP contribution is 2.27. The van der Waals surface area contributed by atoms with Gasteiger partial charge in [0.15, 0.2) is 0 Å². The second-order valence-electron chi connectivity index (χ2n) is 6.49. The van der Waals surface area contributed by atoms with E-state index in [9.17, 15) is 22.0 Å². The predicted molar refractivity (Wildman–Crippen MR) is 117 cm³/mol. The summed E-state index contributed by atoms with van der Waals surface area (Å²) in [6, 6.07) is 16.6. The lowest BCUT2D eigenvalue weighted by molar-refractivity contribution is 0.102. The molecular weight excluding hydrogens is 458 g/mol. The number of aromatic nitrogens is 2. The lowest BCUT2D eigenvalue weighted by Crippen LogP contribution is -2.17. The van der Waals surface area contributed by atoms with Gasteiger partial charge in [-0.05, 0) is 54.6 Å². The van der Waals surface area contributed by atoms with E-state index in [0.717, 1.165) is 29.5 Å². The molecule has 1 aromatic heterocycles. The maximum absolute atomic E-state index is 14.3. The van der Waals surface area contributed by atoms with Gasteiger partial charge in [-0.2, -0.15) is 0 Å². The van der Waals surface area contributed by atoms with Crippen LogP contribution in [0.3, 0.4) is 0 Å². The fraction of sp³-hybridized carbons (Fsp3) is 0. The highest BCUT2D eigenvalue weighted by Gasteiger charge is 2.21. The Hall–Kier alpha value is -3.70. The third-order valence-corrected chi connectivity index (χ3v) is 6.52. The van der Waals surface area contributed by atoms with Gasteiger partial charge in [-0.25, -0.2) is 17.2 Å². The molecule has 3 aromatic carbocycles. The van der Waals surface area contributed by atoms with E-state index in [1.165, 1.54) is 24.3 Å². The second-order valence-corrected chi connectivity index (χ2v) is 9.15. The Morgan fingerprint density at radius 1 is 0.906 bits per heavy atom. The molecule has 7 nitrogen and oxygen atoms in total. The molecule has 0 radical (unpaired) electrons. The predicted octanol–water partition coefficient (Wildman–Crippen LogP) is 4.54. The van der Waals surface area contributed by atoms with Crippen molar-refractivity contribution in [2.24, 2.45) is 0 Å². The summed E-state index contributed by atoms with van der Waals surface area (Å²) in [5.74, 6) is -2.19. The van der Waals surface area contributed by atoms with Gasteiger partial charge in [-0.3, -0.25) is 14.8 Å². The van der Waals surface area contributed by atoms with Gasteiger partial charge in [-0.15, -0.1) is 10.2 Å². The minimum absolute atomic E-state index is 0.0735. The van der Waals surface area contributed by atoms with Crippen molar-refractivity contribution in [3.63, 3.8) is 0 Å². The number of benzene rings is 3. The van der Waals surface area contributed by atoms with Gasteiger partial charge in [0, 0.05) is 11.3 Å². The number of amides is 1. The number of nitrogens with zero attached hydrogens (tertiary/aromatic N) is 2. The van der Waals surface area contributed by atoms with Crippen molar-refractivity contribution in [2.45, 2.75) is 4.90 Å². The molecule has 4 aromatic rings. The molecule has 1 amide bonds. The third kappa shape index (κ3) is 4.79. The van der Waals surface area contributed by atoms with E-state index in [4.69, 9.17) is 0 Å². The summed E-state index contributed by atoms with van der Waals surface area (Å²) in [5, 5.41) is 10.6. The second kappa shape index (κ2) is 8.81. The number of sulfonamides is 1. The van der Waals surface area contributed by atoms with E-state index in [1.54, 1.807) is 30.3 Å². The van der Waals surface area contributed by atoms with Crippen LogP contribution in [0.25, 0.3) is 10.6 Å². The highest BCUT2D eigenvalue weighted by molar-refractivity contribution is 7.92. The summed E-state index contributed by atoms with van der Waals surface area (Å²) in [6.45, 7) is 0. The van der Waals surface area contributed by atoms with E-state index in [2.05, 4.69) is 20.2 Å². The van der Waals surface area contributed by atoms with E-state index in [-0.39, 0.29) is 10.0 Å². The Balaban J connectivity index is 1.55. The molecule has 0 fully saturated rings. The fourth-order valence-electron chi connectivity index (χ4n) is 2.71. The number of carbonyl (C=O) groups is 1. The van der Waals surface area contributed by atoms with Crippen molar-refractivity contribution in [2.75, 3.05) is 10.0 Å². The van der Waals surface area contributed by atoms with Crippen LogP contribution in [0.15, 0.2) is 77.7 Å². The average molecular weight is 472 g/mol. The minimum atomic E-state index is -4.05. The lowest BCUT2D eigenvalue weighted by atomic mass is 10.2. The number of nitrogens with one attached hydrogen (secondary N) is 2. The van der Waals surface area contributed by atoms with Gasteiger partial charge in [0.2, 0.25) is 5.13 Å². The van der Waals surface area contributed by atoms with Crippen LogP contribution >= 0.6 is 11.3 Å². The topological polar surface area (TPSA) is 101 Å². The zero-order valence-electron chi connectivity index (χ0n) is 16.1. The zero-order valence-corrected chi connectivity index (χ0v) is 17.8. The first-order chi connectivity index (χ1) is 15.3. The summed E-state index contributed by atoms with van der Waals surface area (Å²) in [4.78, 5) is 12.3. The van der Waals surface area contributed by atoms with Crippen LogP contribution in [0.4, 0.5) is 19.6 Å². The van der Waals surface area contributed by atoms with Crippen LogP contribution < -0.4 is 10.0 Å². The Kier molecular flexibility index (Phi) is 5.93. The van der Waals surface area contributed by atoms with E-state index in [1.807, 2.05) is 0 Å². The standard InChI is InChI=1S/C21H14F2N4O3S2/c22-14-8-6-13(7-9-14)20-25-26-21(31-20)24-19(28)17-12-16(10-11-18(17)23)32(29,30)27-15-4-2-1-3-5-15/h1-12,27H,(H,24,26,28). The lowest BCUT2D eigenvalue weighted by Gasteiger charge is -2.10. The molecule has 1 heterocycles. The van der Waals surface area contributed by atoms with Gasteiger partial charge in [-0.1, -0.05) is 29.5 Å². The van der Waals surface area contributed by atoms with Crippen molar-refractivity contribution in [1.82, 2.24) is 10.2 Å². The molecule has 0 atom stereocenters. The molecule has 0 aliphatic heterocycles. The number of hydrogen-bond acceptors (Lipinski definition) is 6. The maximum atomic E-state index is 14.3. The number of hydrogen-bond donors (Lipinski definition) is 2. The van der Waals surface area contributed by atoms with Crippen molar-refractivity contribution in [3.8, 4) is 10.6 Å². The van der Waals surface area contributed by atoms with Gasteiger partial charge < -0.3 is 0 Å². The van der Waals surface area contributed by atoms with Crippen LogP contribution in [0.2, 0.25) is 0 Å². The molecule has 4 rings (SSSR count). The normalized spacial score (nSPS) is 11.2. The first-order valence-electron chi connectivity index (χ1n) is 9.10. The van der Waals surface area contributed by atoms with Crippen LogP contribution in [0.5, 0.6) is 0 Å². The summed E-state index contributed by atoms with van der Waals surface area (Å²) in [5.41, 5.74) is 0.445. The minimum Gasteiger partial charge on any atom is -0.296 e. The molecule has 0 aliphatic rings. The van der Waals surface area contributed by atoms with Gasteiger partial charge in [0.1, 0.15) is 16.6 Å². The molecule has 2 N–H and O–H groups in total. The molecule has 32 heavy (non-hydrogen) atoms. The molecule has 162 valence electrons. The molecule has 0 saturated carbocycles.